The number of methoxy groups -OCH3 is 1. The van der Waals surface area contributed by atoms with Crippen molar-refractivity contribution in [2.75, 3.05) is 38.7 Å². The molecule has 2 amide bonds. The number of phenols is 1. The maximum absolute atomic E-state index is 12.8. The van der Waals surface area contributed by atoms with Crippen molar-refractivity contribution >= 4 is 35.1 Å². The van der Waals surface area contributed by atoms with Crippen LogP contribution in [0.3, 0.4) is 0 Å². The molecule has 0 bridgehead atoms. The fraction of sp³-hybridized carbons (Fsp3) is 0.444. The van der Waals surface area contributed by atoms with Crippen molar-refractivity contribution in [1.29, 1.82) is 0 Å². The molecule has 13 heteroatoms. The molecule has 0 spiro atoms. The van der Waals surface area contributed by atoms with Crippen LogP contribution < -0.4 is 26.6 Å². The molecule has 2 aromatic rings. The number of halogens is 1. The Kier molecular flexibility index (Phi) is 10.7. The van der Waals surface area contributed by atoms with E-state index in [1.165, 1.54) is 18.2 Å². The van der Waals surface area contributed by atoms with Crippen LogP contribution in [-0.2, 0) is 19.7 Å². The first-order chi connectivity index (χ1) is 18.9. The highest BCUT2D eigenvalue weighted by Gasteiger charge is 2.25. The second-order valence-corrected chi connectivity index (χ2v) is 10.7. The summed E-state index contributed by atoms with van der Waals surface area (Å²) in [4.78, 5) is 37.1. The summed E-state index contributed by atoms with van der Waals surface area (Å²) in [5, 5.41) is 43.8. The molecule has 0 aliphatic carbocycles. The Labute approximate surface area is 237 Å². The molecule has 12 nitrogen and oxygen atoms in total. The van der Waals surface area contributed by atoms with Gasteiger partial charge in [0.1, 0.15) is 12.0 Å². The zero-order chi connectivity index (χ0) is 29.4. The maximum Gasteiger partial charge on any atom is 0.305 e. The Balaban J connectivity index is 1.67. The lowest BCUT2D eigenvalue weighted by Gasteiger charge is -2.29. The van der Waals surface area contributed by atoms with Gasteiger partial charge >= 0.3 is 5.97 Å². The minimum Gasteiger partial charge on any atom is -0.508 e. The van der Waals surface area contributed by atoms with E-state index < -0.39 is 48.3 Å². The number of hydrogen-bond acceptors (Lipinski definition) is 9. The van der Waals surface area contributed by atoms with Crippen LogP contribution in [0.4, 0.5) is 5.69 Å². The molecular weight excluding hydrogens is 542 g/mol. The quantitative estimate of drug-likeness (QED) is 0.183. The third-order valence-corrected chi connectivity index (χ3v) is 6.56. The summed E-state index contributed by atoms with van der Waals surface area (Å²) >= 11 is 6.33. The van der Waals surface area contributed by atoms with Gasteiger partial charge in [0.25, 0.3) is 5.91 Å². The summed E-state index contributed by atoms with van der Waals surface area (Å²) in [6.45, 7) is 4.63. The molecule has 1 atom stereocenters. The van der Waals surface area contributed by atoms with Crippen LogP contribution in [-0.4, -0.2) is 78.8 Å². The molecule has 0 saturated carbocycles. The first kappa shape index (κ1) is 31.1. The number of aliphatic hydroxyl groups is 1. The van der Waals surface area contributed by atoms with Crippen molar-refractivity contribution in [3.63, 3.8) is 0 Å². The highest BCUT2D eigenvalue weighted by atomic mass is 35.5. The smallest absolute Gasteiger partial charge is 0.305 e. The second-order valence-electron chi connectivity index (χ2n) is 10.3. The monoisotopic (exact) mass is 577 g/mol. The summed E-state index contributed by atoms with van der Waals surface area (Å²) in [6, 6.07) is 8.45. The molecular formula is C27H36ClN5O7. The summed E-state index contributed by atoms with van der Waals surface area (Å²) in [5.74, 6) is -2.51. The Hall–Kier alpha value is -3.42. The Morgan fingerprint density at radius 3 is 2.48 bits per heavy atom. The molecule has 0 radical (unpaired) electrons. The van der Waals surface area contributed by atoms with Crippen molar-refractivity contribution in [3.05, 3.63) is 58.1 Å². The van der Waals surface area contributed by atoms with E-state index in [1.54, 1.807) is 25.3 Å². The number of carboxylic acid groups (broad SMARTS) is 1. The Morgan fingerprint density at radius 1 is 1.12 bits per heavy atom. The molecule has 8 N–H and O–H groups in total. The number of carboxylic acids is 1. The van der Waals surface area contributed by atoms with E-state index in [4.69, 9.17) is 16.3 Å². The summed E-state index contributed by atoms with van der Waals surface area (Å²) in [6.07, 6.45) is -1.30. The normalized spacial score (nSPS) is 18.0. The first-order valence-corrected chi connectivity index (χ1v) is 13.1. The van der Waals surface area contributed by atoms with Gasteiger partial charge in [-0.1, -0.05) is 31.5 Å². The number of hydrogen-bond donors (Lipinski definition) is 8. The number of ether oxygens (including phenoxy) is 1. The average Bonchev–Trinajstić information content (AvgIpc) is 2.87. The third kappa shape index (κ3) is 9.07. The van der Waals surface area contributed by atoms with E-state index in [2.05, 4.69) is 26.6 Å². The van der Waals surface area contributed by atoms with Gasteiger partial charge in [0.2, 0.25) is 5.91 Å². The van der Waals surface area contributed by atoms with Crippen LogP contribution in [0.1, 0.15) is 47.8 Å². The standard InChI is InChI=1S/C27H36ClN5O7/c1-27(2,14-40-3)17-4-15(5-18(28)8-17)22(10-24(37)38)33-23(36)13-29-25(39)16-6-19(9-20(34)7-16)32-26-30-11-21(35)12-31-26/h4-9,21-22,26,30-32,34-35H,10-14H2,1-3H3,(H,29,39)(H,33,36)(H,37,38)/t21?,22-,26?/m0/s1. The predicted octanol–water partition coefficient (Wildman–Crippen LogP) is 1.28. The minimum atomic E-state index is -1.12. The molecule has 1 saturated heterocycles. The number of carbonyl (C=O) groups is 3. The zero-order valence-electron chi connectivity index (χ0n) is 22.6. The van der Waals surface area contributed by atoms with E-state index in [9.17, 15) is 29.7 Å². The minimum absolute atomic E-state index is 0.105. The molecule has 40 heavy (non-hydrogen) atoms. The fourth-order valence-corrected chi connectivity index (χ4v) is 4.57. The number of rotatable bonds is 12. The number of anilines is 1. The van der Waals surface area contributed by atoms with E-state index >= 15 is 0 Å². The third-order valence-electron chi connectivity index (χ3n) is 6.34. The second kappa shape index (κ2) is 13.8. The number of benzene rings is 2. The van der Waals surface area contributed by atoms with Gasteiger partial charge in [-0.25, -0.2) is 0 Å². The van der Waals surface area contributed by atoms with E-state index in [1.807, 2.05) is 13.8 Å². The van der Waals surface area contributed by atoms with Crippen molar-refractivity contribution < 1.29 is 34.4 Å². The van der Waals surface area contributed by atoms with Gasteiger partial charge in [-0.2, -0.15) is 0 Å². The van der Waals surface area contributed by atoms with Crippen LogP contribution in [0.5, 0.6) is 5.75 Å². The molecule has 1 aliphatic rings. The number of carbonyl (C=O) groups excluding carboxylic acids is 2. The zero-order valence-corrected chi connectivity index (χ0v) is 23.3. The molecule has 0 aromatic heterocycles. The lowest BCUT2D eigenvalue weighted by Crippen LogP contribution is -2.58. The number of phenolic OH excluding ortho intramolecular Hbond substituents is 1. The maximum atomic E-state index is 12.8. The summed E-state index contributed by atoms with van der Waals surface area (Å²) in [5.41, 5.74) is 1.45. The molecule has 1 fully saturated rings. The van der Waals surface area contributed by atoms with Gasteiger partial charge < -0.3 is 36.0 Å². The van der Waals surface area contributed by atoms with Crippen LogP contribution in [0.15, 0.2) is 36.4 Å². The molecule has 2 aromatic carbocycles. The number of aliphatic carboxylic acids is 1. The highest BCUT2D eigenvalue weighted by molar-refractivity contribution is 6.30. The van der Waals surface area contributed by atoms with Crippen LogP contribution >= 0.6 is 11.6 Å². The molecule has 1 heterocycles. The number of amides is 2. The Bertz CT molecular complexity index is 1220. The highest BCUT2D eigenvalue weighted by Crippen LogP contribution is 2.30. The first-order valence-electron chi connectivity index (χ1n) is 12.7. The average molecular weight is 578 g/mol. The lowest BCUT2D eigenvalue weighted by atomic mass is 9.84. The lowest BCUT2D eigenvalue weighted by molar-refractivity contribution is -0.137. The van der Waals surface area contributed by atoms with E-state index in [0.29, 0.717) is 36.0 Å². The fourth-order valence-electron chi connectivity index (χ4n) is 4.33. The van der Waals surface area contributed by atoms with E-state index in [0.717, 1.165) is 5.56 Å². The Morgan fingerprint density at radius 2 is 1.82 bits per heavy atom. The number of aromatic hydroxyl groups is 1. The molecule has 218 valence electrons. The summed E-state index contributed by atoms with van der Waals surface area (Å²) in [7, 11) is 1.58. The van der Waals surface area contributed by atoms with Gasteiger partial charge in [0.05, 0.1) is 31.7 Å². The van der Waals surface area contributed by atoms with Crippen LogP contribution in [0.2, 0.25) is 5.02 Å². The van der Waals surface area contributed by atoms with Crippen molar-refractivity contribution in [2.45, 2.75) is 44.1 Å². The van der Waals surface area contributed by atoms with Gasteiger partial charge in [0.15, 0.2) is 0 Å². The van der Waals surface area contributed by atoms with Crippen molar-refractivity contribution in [2.24, 2.45) is 0 Å². The SMILES string of the molecule is COCC(C)(C)c1cc(Cl)cc([C@H](CC(=O)O)NC(=O)CNC(=O)c2cc(O)cc(NC3NCC(O)CN3)c2)c1. The predicted molar refractivity (Wildman–Crippen MR) is 149 cm³/mol. The number of β-amino-alcohol motifs (C(OH)–C–C–N with tert-alkyl or cyclic N) is 1. The van der Waals surface area contributed by atoms with Crippen molar-refractivity contribution in [1.82, 2.24) is 21.3 Å². The molecule has 1 aliphatic heterocycles. The molecule has 3 rings (SSSR count). The molecule has 0 unspecified atom stereocenters. The topological polar surface area (TPSA) is 181 Å². The van der Waals surface area contributed by atoms with E-state index in [-0.39, 0.29) is 17.6 Å². The van der Waals surface area contributed by atoms with Gasteiger partial charge in [-0.05, 0) is 35.4 Å². The number of nitrogens with one attached hydrogen (secondary N) is 5. The van der Waals surface area contributed by atoms with Crippen LogP contribution in [0.25, 0.3) is 0 Å². The van der Waals surface area contributed by atoms with Gasteiger partial charge in [-0.15, -0.1) is 0 Å². The van der Waals surface area contributed by atoms with Crippen LogP contribution in [0, 0.1) is 0 Å². The largest absolute Gasteiger partial charge is 0.508 e. The van der Waals surface area contributed by atoms with Gasteiger partial charge in [0, 0.05) is 48.0 Å². The van der Waals surface area contributed by atoms with Crippen molar-refractivity contribution in [3.8, 4) is 5.75 Å². The summed E-state index contributed by atoms with van der Waals surface area (Å²) < 4.78 is 5.30. The van der Waals surface area contributed by atoms with Gasteiger partial charge in [-0.3, -0.25) is 25.0 Å². The number of aliphatic hydroxyl groups excluding tert-OH is 1.